The first kappa shape index (κ1) is 14.1. The van der Waals surface area contributed by atoms with Crippen LogP contribution in [0.25, 0.3) is 0 Å². The van der Waals surface area contributed by atoms with E-state index in [1.807, 2.05) is 19.1 Å². The number of hydrogen-bond acceptors (Lipinski definition) is 2. The number of nitrogens with zero attached hydrogens (tertiary/aromatic N) is 1. The van der Waals surface area contributed by atoms with E-state index in [4.69, 9.17) is 0 Å². The van der Waals surface area contributed by atoms with Gasteiger partial charge in [0.25, 0.3) is 0 Å². The SMILES string of the molecule is CCCC1(C(=O)O)CCCN(C(=O)C2CC=CC2)C1. The van der Waals surface area contributed by atoms with E-state index in [9.17, 15) is 14.7 Å². The molecule has 1 unspecified atom stereocenters. The summed E-state index contributed by atoms with van der Waals surface area (Å²) in [6.45, 7) is 3.12. The van der Waals surface area contributed by atoms with E-state index < -0.39 is 11.4 Å². The number of likely N-dealkylation sites (tertiary alicyclic amines) is 1. The molecule has 1 aliphatic heterocycles. The molecule has 0 aromatic rings. The molecule has 0 saturated carbocycles. The van der Waals surface area contributed by atoms with E-state index in [0.717, 1.165) is 25.7 Å². The summed E-state index contributed by atoms with van der Waals surface area (Å²) in [6.07, 6.45) is 8.72. The van der Waals surface area contributed by atoms with Gasteiger partial charge >= 0.3 is 5.97 Å². The van der Waals surface area contributed by atoms with Gasteiger partial charge < -0.3 is 10.0 Å². The van der Waals surface area contributed by atoms with Gasteiger partial charge in [-0.05, 0) is 32.1 Å². The lowest BCUT2D eigenvalue weighted by Crippen LogP contribution is -2.51. The Bertz CT molecular complexity index is 379. The Hall–Kier alpha value is -1.32. The number of rotatable bonds is 4. The number of hydrogen-bond donors (Lipinski definition) is 1. The van der Waals surface area contributed by atoms with Crippen LogP contribution in [0.4, 0.5) is 0 Å². The van der Waals surface area contributed by atoms with Crippen LogP contribution in [-0.2, 0) is 9.59 Å². The average molecular weight is 265 g/mol. The van der Waals surface area contributed by atoms with Crippen LogP contribution >= 0.6 is 0 Å². The predicted molar refractivity (Wildman–Crippen MR) is 72.7 cm³/mol. The highest BCUT2D eigenvalue weighted by atomic mass is 16.4. The molecule has 0 aromatic heterocycles. The molecule has 1 aliphatic carbocycles. The van der Waals surface area contributed by atoms with Crippen LogP contribution in [0.15, 0.2) is 12.2 Å². The third-order valence-corrected chi connectivity index (χ3v) is 4.43. The molecule has 4 nitrogen and oxygen atoms in total. The number of carbonyl (C=O) groups is 2. The molecule has 1 fully saturated rings. The zero-order valence-electron chi connectivity index (χ0n) is 11.6. The molecule has 106 valence electrons. The minimum Gasteiger partial charge on any atom is -0.481 e. The maximum absolute atomic E-state index is 12.4. The summed E-state index contributed by atoms with van der Waals surface area (Å²) in [7, 11) is 0. The number of allylic oxidation sites excluding steroid dienone is 2. The molecule has 2 rings (SSSR count). The van der Waals surface area contributed by atoms with Crippen molar-refractivity contribution in [2.45, 2.75) is 45.4 Å². The fraction of sp³-hybridized carbons (Fsp3) is 0.733. The highest BCUT2D eigenvalue weighted by molar-refractivity contribution is 5.82. The van der Waals surface area contributed by atoms with Crippen molar-refractivity contribution in [1.29, 1.82) is 0 Å². The molecule has 4 heteroatoms. The summed E-state index contributed by atoms with van der Waals surface area (Å²) in [5.41, 5.74) is -0.714. The molecular formula is C15H23NO3. The Labute approximate surface area is 114 Å². The second-order valence-electron chi connectivity index (χ2n) is 5.84. The largest absolute Gasteiger partial charge is 0.481 e. The predicted octanol–water partition coefficient (Wildman–Crippen LogP) is 2.45. The van der Waals surface area contributed by atoms with Crippen LogP contribution in [0.3, 0.4) is 0 Å². The second-order valence-corrected chi connectivity index (χ2v) is 5.84. The van der Waals surface area contributed by atoms with Crippen LogP contribution in [0, 0.1) is 11.3 Å². The first-order chi connectivity index (χ1) is 9.09. The zero-order valence-corrected chi connectivity index (χ0v) is 11.6. The first-order valence-corrected chi connectivity index (χ1v) is 7.26. The van der Waals surface area contributed by atoms with Gasteiger partial charge in [0.1, 0.15) is 0 Å². The number of carboxylic acid groups (broad SMARTS) is 1. The third kappa shape index (κ3) is 2.82. The molecule has 19 heavy (non-hydrogen) atoms. The van der Waals surface area contributed by atoms with Crippen molar-refractivity contribution < 1.29 is 14.7 Å². The van der Waals surface area contributed by atoms with Gasteiger partial charge in [-0.15, -0.1) is 0 Å². The van der Waals surface area contributed by atoms with E-state index in [1.54, 1.807) is 4.90 Å². The van der Waals surface area contributed by atoms with Crippen molar-refractivity contribution in [2.75, 3.05) is 13.1 Å². The number of carbonyl (C=O) groups excluding carboxylic acids is 1. The van der Waals surface area contributed by atoms with E-state index in [1.165, 1.54) is 0 Å². The second kappa shape index (κ2) is 5.76. The van der Waals surface area contributed by atoms with E-state index >= 15 is 0 Å². The summed E-state index contributed by atoms with van der Waals surface area (Å²) in [5.74, 6) is -0.547. The van der Waals surface area contributed by atoms with Crippen LogP contribution in [-0.4, -0.2) is 35.0 Å². The van der Waals surface area contributed by atoms with Gasteiger partial charge in [0.05, 0.1) is 5.41 Å². The summed E-state index contributed by atoms with van der Waals surface area (Å²) < 4.78 is 0. The van der Waals surface area contributed by atoms with E-state index in [0.29, 0.717) is 25.9 Å². The Balaban J connectivity index is 2.06. The van der Waals surface area contributed by atoms with Crippen LogP contribution in [0.5, 0.6) is 0 Å². The Morgan fingerprint density at radius 3 is 2.63 bits per heavy atom. The summed E-state index contributed by atoms with van der Waals surface area (Å²) in [4.78, 5) is 25.8. The molecule has 1 saturated heterocycles. The summed E-state index contributed by atoms with van der Waals surface area (Å²) in [6, 6.07) is 0. The number of piperidine rings is 1. The van der Waals surface area contributed by atoms with E-state index in [2.05, 4.69) is 0 Å². The maximum atomic E-state index is 12.4. The van der Waals surface area contributed by atoms with Gasteiger partial charge in [0.2, 0.25) is 5.91 Å². The molecule has 0 bridgehead atoms. The van der Waals surface area contributed by atoms with Crippen molar-refractivity contribution in [2.24, 2.45) is 11.3 Å². The maximum Gasteiger partial charge on any atom is 0.311 e. The van der Waals surface area contributed by atoms with Crippen LogP contribution in [0.2, 0.25) is 0 Å². The minimum absolute atomic E-state index is 0.0474. The molecule has 1 amide bonds. The van der Waals surface area contributed by atoms with Crippen molar-refractivity contribution in [3.63, 3.8) is 0 Å². The lowest BCUT2D eigenvalue weighted by molar-refractivity contribution is -0.156. The summed E-state index contributed by atoms with van der Waals surface area (Å²) in [5, 5.41) is 9.53. The highest BCUT2D eigenvalue weighted by Gasteiger charge is 2.43. The zero-order chi connectivity index (χ0) is 13.9. The lowest BCUT2D eigenvalue weighted by atomic mass is 9.76. The Kier molecular flexibility index (Phi) is 4.27. The third-order valence-electron chi connectivity index (χ3n) is 4.43. The molecule has 1 atom stereocenters. The molecule has 0 spiro atoms. The highest BCUT2D eigenvalue weighted by Crippen LogP contribution is 2.36. The van der Waals surface area contributed by atoms with E-state index in [-0.39, 0.29) is 11.8 Å². The molecule has 0 aromatic carbocycles. The fourth-order valence-corrected chi connectivity index (χ4v) is 3.36. The van der Waals surface area contributed by atoms with Crippen molar-refractivity contribution >= 4 is 11.9 Å². The normalized spacial score (nSPS) is 27.7. The van der Waals surface area contributed by atoms with Crippen molar-refractivity contribution in [1.82, 2.24) is 4.90 Å². The molecule has 1 N–H and O–H groups in total. The van der Waals surface area contributed by atoms with Gasteiger partial charge in [-0.3, -0.25) is 9.59 Å². The number of aliphatic carboxylic acids is 1. The lowest BCUT2D eigenvalue weighted by Gasteiger charge is -2.40. The number of carboxylic acids is 1. The molecule has 1 heterocycles. The number of amides is 1. The summed E-state index contributed by atoms with van der Waals surface area (Å²) >= 11 is 0. The molecular weight excluding hydrogens is 242 g/mol. The van der Waals surface area contributed by atoms with Gasteiger partial charge in [-0.2, -0.15) is 0 Å². The van der Waals surface area contributed by atoms with Gasteiger partial charge in [-0.25, -0.2) is 0 Å². The molecule has 0 radical (unpaired) electrons. The van der Waals surface area contributed by atoms with Gasteiger partial charge in [-0.1, -0.05) is 25.5 Å². The van der Waals surface area contributed by atoms with Crippen molar-refractivity contribution in [3.8, 4) is 0 Å². The molecule has 2 aliphatic rings. The fourth-order valence-electron chi connectivity index (χ4n) is 3.36. The Morgan fingerprint density at radius 1 is 1.37 bits per heavy atom. The minimum atomic E-state index is -0.739. The monoisotopic (exact) mass is 265 g/mol. The topological polar surface area (TPSA) is 57.6 Å². The van der Waals surface area contributed by atoms with Crippen LogP contribution in [0.1, 0.15) is 45.4 Å². The van der Waals surface area contributed by atoms with Gasteiger partial charge in [0.15, 0.2) is 0 Å². The van der Waals surface area contributed by atoms with Crippen molar-refractivity contribution in [3.05, 3.63) is 12.2 Å². The smallest absolute Gasteiger partial charge is 0.311 e. The quantitative estimate of drug-likeness (QED) is 0.794. The first-order valence-electron chi connectivity index (χ1n) is 7.26. The standard InChI is InChI=1S/C15H23NO3/c1-2-8-15(14(18)19)9-5-10-16(11-15)13(17)12-6-3-4-7-12/h3-4,12H,2,5-11H2,1H3,(H,18,19). The Morgan fingerprint density at radius 2 is 2.05 bits per heavy atom. The van der Waals surface area contributed by atoms with Crippen LogP contribution < -0.4 is 0 Å². The average Bonchev–Trinajstić information content (AvgIpc) is 2.92. The van der Waals surface area contributed by atoms with Gasteiger partial charge in [0, 0.05) is 19.0 Å².